The Bertz CT molecular complexity index is 587. The number of carbonyl (C=O) groups excluding carboxylic acids is 1. The number of rotatable bonds is 5. The van der Waals surface area contributed by atoms with Gasteiger partial charge in [0.1, 0.15) is 0 Å². The highest BCUT2D eigenvalue weighted by atomic mass is 35.5. The van der Waals surface area contributed by atoms with Crippen LogP contribution in [0.15, 0.2) is 42.6 Å². The van der Waals surface area contributed by atoms with Crippen LogP contribution in [0.4, 0.5) is 11.4 Å². The molecule has 1 aromatic heterocycles. The molecule has 0 saturated heterocycles. The molecule has 0 aliphatic heterocycles. The molecule has 5 nitrogen and oxygen atoms in total. The molecule has 0 atom stereocenters. The predicted octanol–water partition coefficient (Wildman–Crippen LogP) is 2.79. The van der Waals surface area contributed by atoms with E-state index in [-0.39, 0.29) is 12.5 Å². The second-order valence-corrected chi connectivity index (χ2v) is 4.44. The summed E-state index contributed by atoms with van der Waals surface area (Å²) in [7, 11) is 1.55. The Morgan fingerprint density at radius 1 is 1.30 bits per heavy atom. The highest BCUT2D eigenvalue weighted by molar-refractivity contribution is 6.30. The summed E-state index contributed by atoms with van der Waals surface area (Å²) in [5.41, 5.74) is 1.41. The number of hydrogen-bond donors (Lipinski definition) is 2. The first-order valence-corrected chi connectivity index (χ1v) is 6.34. The van der Waals surface area contributed by atoms with Crippen molar-refractivity contribution in [2.45, 2.75) is 0 Å². The second-order valence-electron chi connectivity index (χ2n) is 4.00. The van der Waals surface area contributed by atoms with Crippen LogP contribution < -0.4 is 15.4 Å². The minimum atomic E-state index is -0.164. The van der Waals surface area contributed by atoms with Crippen molar-refractivity contribution in [2.24, 2.45) is 0 Å². The van der Waals surface area contributed by atoms with Crippen LogP contribution in [0.25, 0.3) is 0 Å². The third kappa shape index (κ3) is 4.13. The molecule has 0 aliphatic rings. The van der Waals surface area contributed by atoms with E-state index in [4.69, 9.17) is 16.3 Å². The van der Waals surface area contributed by atoms with Gasteiger partial charge in [0.15, 0.2) is 0 Å². The SMILES string of the molecule is COc1ccc(NCC(=O)Nc2cccc(Cl)c2)cn1. The van der Waals surface area contributed by atoms with Gasteiger partial charge in [-0.05, 0) is 24.3 Å². The topological polar surface area (TPSA) is 63.2 Å². The van der Waals surface area contributed by atoms with Gasteiger partial charge in [-0.3, -0.25) is 4.79 Å². The molecular weight excluding hydrogens is 278 g/mol. The minimum Gasteiger partial charge on any atom is -0.481 e. The molecule has 2 rings (SSSR count). The Kier molecular flexibility index (Phi) is 4.79. The van der Waals surface area contributed by atoms with E-state index in [0.717, 1.165) is 5.69 Å². The average molecular weight is 292 g/mol. The highest BCUT2D eigenvalue weighted by Gasteiger charge is 2.03. The van der Waals surface area contributed by atoms with Crippen molar-refractivity contribution in [3.8, 4) is 5.88 Å². The van der Waals surface area contributed by atoms with Crippen LogP contribution in [-0.4, -0.2) is 24.5 Å². The molecule has 0 bridgehead atoms. The quantitative estimate of drug-likeness (QED) is 0.889. The van der Waals surface area contributed by atoms with Gasteiger partial charge < -0.3 is 15.4 Å². The number of carbonyl (C=O) groups is 1. The number of amides is 1. The van der Waals surface area contributed by atoms with Crippen molar-refractivity contribution in [1.82, 2.24) is 4.98 Å². The molecule has 2 N–H and O–H groups in total. The van der Waals surface area contributed by atoms with Crippen molar-refractivity contribution >= 4 is 28.9 Å². The molecular formula is C14H14ClN3O2. The Hall–Kier alpha value is -2.27. The van der Waals surface area contributed by atoms with E-state index in [0.29, 0.717) is 16.6 Å². The van der Waals surface area contributed by atoms with Gasteiger partial charge in [-0.1, -0.05) is 17.7 Å². The molecule has 0 spiro atoms. The smallest absolute Gasteiger partial charge is 0.243 e. The first-order chi connectivity index (χ1) is 9.67. The standard InChI is InChI=1S/C14H14ClN3O2/c1-20-14-6-5-12(8-17-14)16-9-13(19)18-11-4-2-3-10(15)7-11/h2-8,16H,9H2,1H3,(H,18,19). The molecule has 2 aromatic rings. The number of nitrogens with one attached hydrogen (secondary N) is 2. The monoisotopic (exact) mass is 291 g/mol. The number of nitrogens with zero attached hydrogens (tertiary/aromatic N) is 1. The number of ether oxygens (including phenoxy) is 1. The van der Waals surface area contributed by atoms with Crippen molar-refractivity contribution in [2.75, 3.05) is 24.3 Å². The van der Waals surface area contributed by atoms with Gasteiger partial charge in [-0.2, -0.15) is 0 Å². The first kappa shape index (κ1) is 14.1. The van der Waals surface area contributed by atoms with Gasteiger partial charge in [-0.25, -0.2) is 4.98 Å². The van der Waals surface area contributed by atoms with Crippen LogP contribution in [0.1, 0.15) is 0 Å². The third-order valence-electron chi connectivity index (χ3n) is 2.51. The molecule has 0 fully saturated rings. The average Bonchev–Trinajstić information content (AvgIpc) is 2.46. The fourth-order valence-corrected chi connectivity index (χ4v) is 1.75. The molecule has 1 heterocycles. The summed E-state index contributed by atoms with van der Waals surface area (Å²) in [6.45, 7) is 0.139. The lowest BCUT2D eigenvalue weighted by atomic mass is 10.3. The molecule has 0 unspecified atom stereocenters. The Labute approximate surface area is 121 Å². The zero-order chi connectivity index (χ0) is 14.4. The van der Waals surface area contributed by atoms with E-state index in [1.165, 1.54) is 0 Å². The van der Waals surface area contributed by atoms with Crippen LogP contribution in [-0.2, 0) is 4.79 Å². The maximum absolute atomic E-state index is 11.8. The van der Waals surface area contributed by atoms with Crippen LogP contribution in [0.5, 0.6) is 5.88 Å². The van der Waals surface area contributed by atoms with Gasteiger partial charge in [0.2, 0.25) is 11.8 Å². The molecule has 0 radical (unpaired) electrons. The fraction of sp³-hybridized carbons (Fsp3) is 0.143. The maximum Gasteiger partial charge on any atom is 0.243 e. The lowest BCUT2D eigenvalue weighted by Gasteiger charge is -2.08. The zero-order valence-electron chi connectivity index (χ0n) is 10.9. The van der Waals surface area contributed by atoms with E-state index in [1.807, 2.05) is 0 Å². The summed E-state index contributed by atoms with van der Waals surface area (Å²) in [6.07, 6.45) is 1.60. The van der Waals surface area contributed by atoms with Gasteiger partial charge in [0.05, 0.1) is 25.5 Å². The van der Waals surface area contributed by atoms with Crippen molar-refractivity contribution < 1.29 is 9.53 Å². The van der Waals surface area contributed by atoms with Crippen molar-refractivity contribution in [1.29, 1.82) is 0 Å². The van der Waals surface area contributed by atoms with Crippen molar-refractivity contribution in [3.05, 3.63) is 47.6 Å². The molecule has 1 aromatic carbocycles. The number of halogens is 1. The van der Waals surface area contributed by atoms with Crippen LogP contribution in [0, 0.1) is 0 Å². The molecule has 104 valence electrons. The largest absolute Gasteiger partial charge is 0.481 e. The van der Waals surface area contributed by atoms with E-state index in [9.17, 15) is 4.79 Å². The number of benzene rings is 1. The first-order valence-electron chi connectivity index (χ1n) is 5.97. The van der Waals surface area contributed by atoms with Gasteiger partial charge in [0, 0.05) is 16.8 Å². The molecule has 6 heteroatoms. The number of anilines is 2. The summed E-state index contributed by atoms with van der Waals surface area (Å²) >= 11 is 5.84. The molecule has 20 heavy (non-hydrogen) atoms. The van der Waals surface area contributed by atoms with E-state index in [2.05, 4.69) is 15.6 Å². The van der Waals surface area contributed by atoms with Crippen LogP contribution in [0.3, 0.4) is 0 Å². The maximum atomic E-state index is 11.8. The lowest BCUT2D eigenvalue weighted by molar-refractivity contribution is -0.114. The van der Waals surface area contributed by atoms with Gasteiger partial charge >= 0.3 is 0 Å². The van der Waals surface area contributed by atoms with Gasteiger partial charge in [0.25, 0.3) is 0 Å². The third-order valence-corrected chi connectivity index (χ3v) is 2.74. The summed E-state index contributed by atoms with van der Waals surface area (Å²) < 4.78 is 4.95. The summed E-state index contributed by atoms with van der Waals surface area (Å²) in [6, 6.07) is 10.5. The van der Waals surface area contributed by atoms with E-state index >= 15 is 0 Å². The highest BCUT2D eigenvalue weighted by Crippen LogP contribution is 2.15. The van der Waals surface area contributed by atoms with Crippen LogP contribution in [0.2, 0.25) is 5.02 Å². The predicted molar refractivity (Wildman–Crippen MR) is 79.4 cm³/mol. The number of hydrogen-bond acceptors (Lipinski definition) is 4. The Balaban J connectivity index is 1.85. The number of aromatic nitrogens is 1. The summed E-state index contributed by atoms with van der Waals surface area (Å²) in [4.78, 5) is 15.8. The Morgan fingerprint density at radius 3 is 2.80 bits per heavy atom. The van der Waals surface area contributed by atoms with Crippen LogP contribution >= 0.6 is 11.6 Å². The zero-order valence-corrected chi connectivity index (χ0v) is 11.6. The lowest BCUT2D eigenvalue weighted by Crippen LogP contribution is -2.21. The molecule has 1 amide bonds. The number of pyridine rings is 1. The fourth-order valence-electron chi connectivity index (χ4n) is 1.56. The normalized spacial score (nSPS) is 9.90. The van der Waals surface area contributed by atoms with Gasteiger partial charge in [-0.15, -0.1) is 0 Å². The van der Waals surface area contributed by atoms with E-state index in [1.54, 1.807) is 49.7 Å². The second kappa shape index (κ2) is 6.77. The van der Waals surface area contributed by atoms with Crippen molar-refractivity contribution in [3.63, 3.8) is 0 Å². The molecule has 0 aliphatic carbocycles. The number of methoxy groups -OCH3 is 1. The van der Waals surface area contributed by atoms with E-state index < -0.39 is 0 Å². The summed E-state index contributed by atoms with van der Waals surface area (Å²) in [5.74, 6) is 0.363. The Morgan fingerprint density at radius 2 is 2.15 bits per heavy atom. The minimum absolute atomic E-state index is 0.139. The summed E-state index contributed by atoms with van der Waals surface area (Å²) in [5, 5.41) is 6.29. The molecule has 0 saturated carbocycles.